The summed E-state index contributed by atoms with van der Waals surface area (Å²) in [4.78, 5) is 29.1. The highest BCUT2D eigenvalue weighted by Gasteiger charge is 2.32. The second kappa shape index (κ2) is 10.8. The Bertz CT molecular complexity index is 1050. The highest BCUT2D eigenvalue weighted by atomic mass is 16.5. The van der Waals surface area contributed by atoms with E-state index in [0.717, 1.165) is 67.8 Å². The van der Waals surface area contributed by atoms with E-state index in [1.807, 2.05) is 0 Å². The number of aliphatic carboxylic acids is 1. The zero-order chi connectivity index (χ0) is 24.2. The van der Waals surface area contributed by atoms with Crippen molar-refractivity contribution >= 4 is 17.7 Å². The molecule has 9 heteroatoms. The van der Waals surface area contributed by atoms with Gasteiger partial charge in [-0.3, -0.25) is 9.89 Å². The molecule has 4 N–H and O–H groups in total. The van der Waals surface area contributed by atoms with E-state index >= 15 is 0 Å². The van der Waals surface area contributed by atoms with E-state index in [9.17, 15) is 14.7 Å². The number of aromatic amines is 1. The van der Waals surface area contributed by atoms with E-state index in [-0.39, 0.29) is 24.3 Å². The first-order chi connectivity index (χ1) is 17.0. The van der Waals surface area contributed by atoms with Crippen molar-refractivity contribution in [3.8, 4) is 0 Å². The first kappa shape index (κ1) is 23.8. The minimum absolute atomic E-state index is 0.181. The average molecular weight is 482 g/mol. The van der Waals surface area contributed by atoms with Crippen molar-refractivity contribution in [1.82, 2.24) is 20.5 Å². The molecule has 1 saturated carbocycles. The Kier molecular flexibility index (Phi) is 7.32. The van der Waals surface area contributed by atoms with Crippen LogP contribution >= 0.6 is 0 Å². The standard InChI is InChI=1S/C26H35N5O4/c32-25(18-4-5-19-15-28-31-23(19)14-18)30-22(26(33)34)9-11-35-21-12-16(13-21)3-7-20-8-6-17-2-1-10-27-24(17)29-20/h6,8,15-16,18,21-22H,1-5,7,9-14H2,(H,27,29)(H,28,31)(H,30,32)(H,33,34)/t16?,18-,21?,22+/m0/s1. The highest BCUT2D eigenvalue weighted by Crippen LogP contribution is 2.34. The molecule has 0 aromatic carbocycles. The molecule has 5 rings (SSSR count). The number of aryl methyl sites for hydroxylation is 3. The summed E-state index contributed by atoms with van der Waals surface area (Å²) in [6.45, 7) is 1.34. The van der Waals surface area contributed by atoms with Gasteiger partial charge in [0.15, 0.2) is 0 Å². The van der Waals surface area contributed by atoms with Gasteiger partial charge in [0.05, 0.1) is 12.3 Å². The van der Waals surface area contributed by atoms with E-state index in [2.05, 4.69) is 33.0 Å². The molecular formula is C26H35N5O4. The monoisotopic (exact) mass is 481 g/mol. The lowest BCUT2D eigenvalue weighted by Gasteiger charge is -2.35. The second-order valence-electron chi connectivity index (χ2n) is 10.2. The quantitative estimate of drug-likeness (QED) is 0.411. The summed E-state index contributed by atoms with van der Waals surface area (Å²) in [6.07, 6.45) is 10.7. The number of rotatable bonds is 10. The van der Waals surface area contributed by atoms with Gasteiger partial charge in [0, 0.05) is 43.3 Å². The summed E-state index contributed by atoms with van der Waals surface area (Å²) in [6, 6.07) is 3.43. The van der Waals surface area contributed by atoms with Crippen LogP contribution in [0.4, 0.5) is 5.82 Å². The number of nitrogens with one attached hydrogen (secondary N) is 3. The van der Waals surface area contributed by atoms with E-state index in [4.69, 9.17) is 9.72 Å². The smallest absolute Gasteiger partial charge is 0.326 e. The fourth-order valence-corrected chi connectivity index (χ4v) is 5.44. The summed E-state index contributed by atoms with van der Waals surface area (Å²) >= 11 is 0. The molecule has 0 bridgehead atoms. The number of carboxylic acid groups (broad SMARTS) is 1. The molecule has 1 aliphatic heterocycles. The topological polar surface area (TPSA) is 129 Å². The van der Waals surface area contributed by atoms with Gasteiger partial charge in [-0.25, -0.2) is 9.78 Å². The zero-order valence-electron chi connectivity index (χ0n) is 20.1. The molecule has 0 unspecified atom stereocenters. The molecule has 2 atom stereocenters. The Labute approximate surface area is 205 Å². The van der Waals surface area contributed by atoms with Crippen LogP contribution in [-0.2, 0) is 40.0 Å². The number of fused-ring (bicyclic) bond motifs is 2. The lowest BCUT2D eigenvalue weighted by molar-refractivity contribution is -0.143. The largest absolute Gasteiger partial charge is 0.480 e. The van der Waals surface area contributed by atoms with Crippen molar-refractivity contribution in [2.45, 2.75) is 76.4 Å². The van der Waals surface area contributed by atoms with Crippen LogP contribution in [0.2, 0.25) is 0 Å². The highest BCUT2D eigenvalue weighted by molar-refractivity contribution is 5.85. The molecular weight excluding hydrogens is 446 g/mol. The van der Waals surface area contributed by atoms with Crippen LogP contribution in [0, 0.1) is 11.8 Å². The van der Waals surface area contributed by atoms with E-state index in [1.165, 1.54) is 12.0 Å². The molecule has 1 fully saturated rings. The van der Waals surface area contributed by atoms with Gasteiger partial charge >= 0.3 is 5.97 Å². The molecule has 2 aromatic heterocycles. The maximum atomic E-state index is 12.7. The molecule has 2 aliphatic carbocycles. The number of hydrogen-bond donors (Lipinski definition) is 4. The Hall–Kier alpha value is -2.94. The van der Waals surface area contributed by atoms with Gasteiger partial charge in [0.1, 0.15) is 11.9 Å². The molecule has 9 nitrogen and oxygen atoms in total. The summed E-state index contributed by atoms with van der Waals surface area (Å²) in [5.74, 6) is 0.238. The van der Waals surface area contributed by atoms with Gasteiger partial charge < -0.3 is 20.5 Å². The lowest BCUT2D eigenvalue weighted by Crippen LogP contribution is -2.45. The molecule has 0 saturated heterocycles. The third-order valence-corrected chi connectivity index (χ3v) is 7.72. The van der Waals surface area contributed by atoms with Gasteiger partial charge in [0.25, 0.3) is 0 Å². The third kappa shape index (κ3) is 5.83. The molecule has 3 aliphatic rings. The van der Waals surface area contributed by atoms with E-state index < -0.39 is 12.0 Å². The molecule has 3 heterocycles. The minimum Gasteiger partial charge on any atom is -0.480 e. The number of carbonyl (C=O) groups excluding carboxylic acids is 1. The molecule has 188 valence electrons. The van der Waals surface area contributed by atoms with Crippen molar-refractivity contribution < 1.29 is 19.4 Å². The molecule has 2 aromatic rings. The molecule has 35 heavy (non-hydrogen) atoms. The predicted molar refractivity (Wildman–Crippen MR) is 130 cm³/mol. The van der Waals surface area contributed by atoms with Crippen LogP contribution in [-0.4, -0.2) is 57.5 Å². The van der Waals surface area contributed by atoms with Crippen LogP contribution in [0.3, 0.4) is 0 Å². The van der Waals surface area contributed by atoms with Crippen molar-refractivity contribution in [3.63, 3.8) is 0 Å². The summed E-state index contributed by atoms with van der Waals surface area (Å²) in [7, 11) is 0. The van der Waals surface area contributed by atoms with E-state index in [0.29, 0.717) is 25.4 Å². The molecule has 1 amide bonds. The van der Waals surface area contributed by atoms with Crippen LogP contribution in [0.1, 0.15) is 61.0 Å². The SMILES string of the molecule is O=C(N[C@H](CCOC1CC(CCc2ccc3c(n2)NCCC3)C1)C(=O)O)[C@H]1CCc2cn[nH]c2C1. The first-order valence-electron chi connectivity index (χ1n) is 12.9. The van der Waals surface area contributed by atoms with Crippen molar-refractivity contribution in [1.29, 1.82) is 0 Å². The van der Waals surface area contributed by atoms with E-state index in [1.54, 1.807) is 6.20 Å². The maximum absolute atomic E-state index is 12.7. The van der Waals surface area contributed by atoms with Gasteiger partial charge in [-0.1, -0.05) is 6.07 Å². The third-order valence-electron chi connectivity index (χ3n) is 7.72. The van der Waals surface area contributed by atoms with Gasteiger partial charge in [-0.15, -0.1) is 0 Å². The summed E-state index contributed by atoms with van der Waals surface area (Å²) in [5, 5.41) is 22.7. The fourth-order valence-electron chi connectivity index (χ4n) is 5.44. The summed E-state index contributed by atoms with van der Waals surface area (Å²) in [5.41, 5.74) is 4.58. The number of nitrogens with zero attached hydrogens (tertiary/aromatic N) is 2. The number of aromatic nitrogens is 3. The Morgan fingerprint density at radius 3 is 2.97 bits per heavy atom. The predicted octanol–water partition coefficient (Wildman–Crippen LogP) is 2.66. The number of hydrogen-bond acceptors (Lipinski definition) is 6. The first-order valence-corrected chi connectivity index (χ1v) is 12.9. The van der Waals surface area contributed by atoms with Crippen molar-refractivity contribution in [3.05, 3.63) is 40.8 Å². The number of ether oxygens (including phenoxy) is 1. The number of anilines is 1. The summed E-state index contributed by atoms with van der Waals surface area (Å²) < 4.78 is 5.92. The maximum Gasteiger partial charge on any atom is 0.326 e. The number of amides is 1. The number of pyridine rings is 1. The second-order valence-corrected chi connectivity index (χ2v) is 10.2. The van der Waals surface area contributed by atoms with Gasteiger partial charge in [0.2, 0.25) is 5.91 Å². The Morgan fingerprint density at radius 2 is 2.11 bits per heavy atom. The molecule has 0 spiro atoms. The normalized spacial score (nSPS) is 23.8. The van der Waals surface area contributed by atoms with Crippen LogP contribution in [0.25, 0.3) is 0 Å². The fraction of sp³-hybridized carbons (Fsp3) is 0.615. The van der Waals surface area contributed by atoms with Crippen LogP contribution < -0.4 is 10.6 Å². The zero-order valence-corrected chi connectivity index (χ0v) is 20.1. The Morgan fingerprint density at radius 1 is 1.23 bits per heavy atom. The molecule has 0 radical (unpaired) electrons. The van der Waals surface area contributed by atoms with Crippen molar-refractivity contribution in [2.24, 2.45) is 11.8 Å². The number of H-pyrrole nitrogens is 1. The van der Waals surface area contributed by atoms with Crippen molar-refractivity contribution in [2.75, 3.05) is 18.5 Å². The Balaban J connectivity index is 0.993. The van der Waals surface area contributed by atoms with Gasteiger partial charge in [-0.05, 0) is 74.5 Å². The lowest BCUT2D eigenvalue weighted by atomic mass is 9.79. The number of carboxylic acids is 1. The van der Waals surface area contributed by atoms with Crippen LogP contribution in [0.15, 0.2) is 18.3 Å². The average Bonchev–Trinajstić information content (AvgIpc) is 3.31. The van der Waals surface area contributed by atoms with Gasteiger partial charge in [-0.2, -0.15) is 5.10 Å². The number of carbonyl (C=O) groups is 2. The minimum atomic E-state index is -1.02. The van der Waals surface area contributed by atoms with Crippen LogP contribution in [0.5, 0.6) is 0 Å².